The van der Waals surface area contributed by atoms with Gasteiger partial charge in [0.1, 0.15) is 11.5 Å². The normalized spacial score (nSPS) is 21.3. The maximum Gasteiger partial charge on any atom is 0.191 e. The summed E-state index contributed by atoms with van der Waals surface area (Å²) < 4.78 is 11.2. The van der Waals surface area contributed by atoms with Crippen LogP contribution in [0.15, 0.2) is 21.5 Å². The fourth-order valence-corrected chi connectivity index (χ4v) is 3.01. The summed E-state index contributed by atoms with van der Waals surface area (Å²) in [5, 5.41) is 6.73. The summed E-state index contributed by atoms with van der Waals surface area (Å²) in [5.74, 6) is 2.68. The second-order valence-electron chi connectivity index (χ2n) is 6.54. The maximum atomic E-state index is 5.69. The summed E-state index contributed by atoms with van der Waals surface area (Å²) in [6, 6.07) is 4.91. The van der Waals surface area contributed by atoms with E-state index in [1.165, 1.54) is 0 Å². The average molecular weight is 464 g/mol. The summed E-state index contributed by atoms with van der Waals surface area (Å²) in [5.41, 5.74) is 0. The Morgan fingerprint density at radius 3 is 2.76 bits per heavy atom. The van der Waals surface area contributed by atoms with E-state index in [9.17, 15) is 0 Å². The molecule has 0 bridgehead atoms. The predicted molar refractivity (Wildman–Crippen MR) is 113 cm³/mol. The largest absolute Gasteiger partial charge is 0.464 e. The van der Waals surface area contributed by atoms with Gasteiger partial charge in [0.25, 0.3) is 0 Å². The molecule has 2 N–H and O–H groups in total. The van der Waals surface area contributed by atoms with Crippen molar-refractivity contribution in [1.82, 2.24) is 15.5 Å². The van der Waals surface area contributed by atoms with E-state index >= 15 is 0 Å². The maximum absolute atomic E-state index is 5.69. The first-order valence-corrected chi connectivity index (χ1v) is 8.96. The first-order valence-electron chi connectivity index (χ1n) is 8.96. The Balaban J connectivity index is 0.00000312. The molecule has 1 saturated heterocycles. The third kappa shape index (κ3) is 6.79. The van der Waals surface area contributed by atoms with Gasteiger partial charge in [-0.25, -0.2) is 0 Å². The van der Waals surface area contributed by atoms with Crippen LogP contribution in [0.2, 0.25) is 0 Å². The summed E-state index contributed by atoms with van der Waals surface area (Å²) in [7, 11) is 0. The fraction of sp³-hybridized carbons (Fsp3) is 0.722. The van der Waals surface area contributed by atoms with Crippen LogP contribution >= 0.6 is 24.0 Å². The van der Waals surface area contributed by atoms with E-state index in [-0.39, 0.29) is 30.0 Å². The van der Waals surface area contributed by atoms with E-state index in [0.29, 0.717) is 12.1 Å². The highest BCUT2D eigenvalue weighted by molar-refractivity contribution is 14.0. The lowest BCUT2D eigenvalue weighted by atomic mass is 10.2. The van der Waals surface area contributed by atoms with Crippen molar-refractivity contribution in [2.45, 2.75) is 52.7 Å². The Kier molecular flexibility index (Phi) is 9.81. The van der Waals surface area contributed by atoms with Gasteiger partial charge in [-0.15, -0.1) is 24.0 Å². The number of halogens is 1. The Labute approximate surface area is 168 Å². The van der Waals surface area contributed by atoms with E-state index in [1.807, 2.05) is 19.1 Å². The van der Waals surface area contributed by atoms with Crippen molar-refractivity contribution in [2.75, 3.05) is 32.8 Å². The van der Waals surface area contributed by atoms with E-state index in [0.717, 1.165) is 50.3 Å². The molecular formula is C18H33IN4O2. The summed E-state index contributed by atoms with van der Waals surface area (Å²) in [4.78, 5) is 7.23. The van der Waals surface area contributed by atoms with Gasteiger partial charge in [-0.1, -0.05) is 0 Å². The van der Waals surface area contributed by atoms with Crippen molar-refractivity contribution in [3.05, 3.63) is 23.7 Å². The molecule has 7 heteroatoms. The number of hydrogen-bond acceptors (Lipinski definition) is 4. The zero-order chi connectivity index (χ0) is 17.5. The van der Waals surface area contributed by atoms with Crippen molar-refractivity contribution in [3.63, 3.8) is 0 Å². The van der Waals surface area contributed by atoms with Crippen LogP contribution in [0.1, 0.15) is 45.3 Å². The first kappa shape index (κ1) is 22.2. The SMILES string of the molecule is CCNC(=NCC(C)N1CCOCC1C)NC(C)c1ccc(C)o1.I. The molecule has 6 nitrogen and oxygen atoms in total. The van der Waals surface area contributed by atoms with E-state index in [1.54, 1.807) is 0 Å². The van der Waals surface area contributed by atoms with Crippen LogP contribution < -0.4 is 10.6 Å². The monoisotopic (exact) mass is 464 g/mol. The van der Waals surface area contributed by atoms with Crippen molar-refractivity contribution in [2.24, 2.45) is 4.99 Å². The van der Waals surface area contributed by atoms with Gasteiger partial charge in [0.15, 0.2) is 5.96 Å². The van der Waals surface area contributed by atoms with E-state index < -0.39 is 0 Å². The summed E-state index contributed by atoms with van der Waals surface area (Å²) in [6.45, 7) is 14.7. The van der Waals surface area contributed by atoms with Gasteiger partial charge in [-0.2, -0.15) is 0 Å². The highest BCUT2D eigenvalue weighted by Crippen LogP contribution is 2.15. The van der Waals surface area contributed by atoms with E-state index in [4.69, 9.17) is 14.1 Å². The Hall–Kier alpha value is -0.800. The average Bonchev–Trinajstić information content (AvgIpc) is 2.99. The first-order chi connectivity index (χ1) is 11.5. The van der Waals surface area contributed by atoms with Gasteiger partial charge in [0.2, 0.25) is 0 Å². The Bertz CT molecular complexity index is 535. The molecule has 0 aromatic carbocycles. The minimum Gasteiger partial charge on any atom is -0.464 e. The van der Waals surface area contributed by atoms with Crippen molar-refractivity contribution in [1.29, 1.82) is 0 Å². The molecule has 1 aromatic heterocycles. The van der Waals surface area contributed by atoms with E-state index in [2.05, 4.69) is 43.2 Å². The number of nitrogens with zero attached hydrogens (tertiary/aromatic N) is 2. The standard InChI is InChI=1S/C18H32N4O2.HI/c1-6-19-18(21-16(5)17-8-7-15(4)24-17)20-11-13(2)22-9-10-23-12-14(22)3;/h7-8,13-14,16H,6,9-12H2,1-5H3,(H2,19,20,21);1H. The van der Waals surface area contributed by atoms with Gasteiger partial charge in [-0.05, 0) is 46.8 Å². The number of rotatable bonds is 6. The molecule has 0 spiro atoms. The molecule has 3 atom stereocenters. The minimum atomic E-state index is 0. The van der Waals surface area contributed by atoms with Gasteiger partial charge in [0.05, 0.1) is 25.8 Å². The van der Waals surface area contributed by atoms with Crippen molar-refractivity contribution >= 4 is 29.9 Å². The van der Waals surface area contributed by atoms with Crippen LogP contribution in [-0.2, 0) is 4.74 Å². The summed E-state index contributed by atoms with van der Waals surface area (Å²) in [6.07, 6.45) is 0. The van der Waals surface area contributed by atoms with Crippen LogP contribution in [0.3, 0.4) is 0 Å². The van der Waals surface area contributed by atoms with Crippen LogP contribution in [0, 0.1) is 6.92 Å². The molecule has 2 heterocycles. The molecule has 0 amide bonds. The third-order valence-electron chi connectivity index (χ3n) is 4.38. The highest BCUT2D eigenvalue weighted by atomic mass is 127. The molecule has 25 heavy (non-hydrogen) atoms. The van der Waals surface area contributed by atoms with Crippen LogP contribution in [0.5, 0.6) is 0 Å². The molecule has 0 saturated carbocycles. The predicted octanol–water partition coefficient (Wildman–Crippen LogP) is 2.93. The quantitative estimate of drug-likeness (QED) is 0.385. The zero-order valence-electron chi connectivity index (χ0n) is 16.0. The second kappa shape index (κ2) is 11.0. The molecule has 1 aliphatic rings. The third-order valence-corrected chi connectivity index (χ3v) is 4.38. The molecule has 1 aliphatic heterocycles. The number of ether oxygens (including phenoxy) is 1. The minimum absolute atomic E-state index is 0. The molecule has 2 rings (SSSR count). The molecule has 0 radical (unpaired) electrons. The number of aryl methyl sites for hydroxylation is 1. The molecule has 0 aliphatic carbocycles. The number of furan rings is 1. The van der Waals surface area contributed by atoms with Gasteiger partial charge >= 0.3 is 0 Å². The lowest BCUT2D eigenvalue weighted by Gasteiger charge is -2.37. The number of guanidine groups is 1. The Morgan fingerprint density at radius 1 is 1.40 bits per heavy atom. The van der Waals surface area contributed by atoms with Gasteiger partial charge in [0, 0.05) is 25.2 Å². The Morgan fingerprint density at radius 2 is 2.16 bits per heavy atom. The molecular weight excluding hydrogens is 431 g/mol. The fourth-order valence-electron chi connectivity index (χ4n) is 3.01. The van der Waals surface area contributed by atoms with Crippen LogP contribution in [-0.4, -0.2) is 55.8 Å². The van der Waals surface area contributed by atoms with Gasteiger partial charge < -0.3 is 19.8 Å². The van der Waals surface area contributed by atoms with Crippen molar-refractivity contribution < 1.29 is 9.15 Å². The van der Waals surface area contributed by atoms with Crippen LogP contribution in [0.4, 0.5) is 0 Å². The lowest BCUT2D eigenvalue weighted by Crippen LogP contribution is -2.49. The number of morpholine rings is 1. The zero-order valence-corrected chi connectivity index (χ0v) is 18.4. The molecule has 1 aromatic rings. The molecule has 144 valence electrons. The number of hydrogen-bond donors (Lipinski definition) is 2. The van der Waals surface area contributed by atoms with Gasteiger partial charge in [-0.3, -0.25) is 9.89 Å². The smallest absolute Gasteiger partial charge is 0.191 e. The topological polar surface area (TPSA) is 62.0 Å². The number of nitrogens with one attached hydrogen (secondary N) is 2. The molecule has 1 fully saturated rings. The molecule has 3 unspecified atom stereocenters. The second-order valence-corrected chi connectivity index (χ2v) is 6.54. The van der Waals surface area contributed by atoms with Crippen molar-refractivity contribution in [3.8, 4) is 0 Å². The summed E-state index contributed by atoms with van der Waals surface area (Å²) >= 11 is 0. The lowest BCUT2D eigenvalue weighted by molar-refractivity contribution is -0.0165. The van der Waals surface area contributed by atoms with Crippen LogP contribution in [0.25, 0.3) is 0 Å². The number of aliphatic imine (C=N–C) groups is 1. The highest BCUT2D eigenvalue weighted by Gasteiger charge is 2.23.